The quantitative estimate of drug-likeness (QED) is 0.771. The Morgan fingerprint density at radius 3 is 2.47 bits per heavy atom. The van der Waals surface area contributed by atoms with Crippen LogP contribution in [0.1, 0.15) is 0 Å². The molecule has 90 valence electrons. The van der Waals surface area contributed by atoms with Gasteiger partial charge in [-0.25, -0.2) is 0 Å². The van der Waals surface area contributed by atoms with Crippen LogP contribution < -0.4 is 4.74 Å². The lowest BCUT2D eigenvalue weighted by Crippen LogP contribution is -2.17. The highest BCUT2D eigenvalue weighted by atomic mass is 35.5. The fraction of sp³-hybridized carbons (Fsp3) is 0.100. The third-order valence-corrected chi connectivity index (χ3v) is 2.57. The predicted octanol–water partition coefficient (Wildman–Crippen LogP) is 4.44. The minimum absolute atomic E-state index is 0.0456. The van der Waals surface area contributed by atoms with Crippen LogP contribution in [0, 0.1) is 0 Å². The third-order valence-electron chi connectivity index (χ3n) is 1.95. The standard InChI is InChI=1S/C10H4Cl2F3NO/c11-7-1-2-16-9-6(7)3-5(4-8(9)12)17-10(13,14)15/h1-4H. The van der Waals surface area contributed by atoms with E-state index in [4.69, 9.17) is 23.2 Å². The van der Waals surface area contributed by atoms with Crippen molar-refractivity contribution in [2.45, 2.75) is 6.36 Å². The molecule has 0 aliphatic rings. The maximum Gasteiger partial charge on any atom is 0.573 e. The van der Waals surface area contributed by atoms with E-state index in [0.29, 0.717) is 10.9 Å². The Morgan fingerprint density at radius 1 is 1.12 bits per heavy atom. The van der Waals surface area contributed by atoms with E-state index in [0.717, 1.165) is 12.1 Å². The van der Waals surface area contributed by atoms with E-state index in [1.807, 2.05) is 0 Å². The van der Waals surface area contributed by atoms with Crippen molar-refractivity contribution in [1.29, 1.82) is 0 Å². The molecule has 0 bridgehead atoms. The van der Waals surface area contributed by atoms with E-state index >= 15 is 0 Å². The van der Waals surface area contributed by atoms with E-state index < -0.39 is 12.1 Å². The number of ether oxygens (including phenoxy) is 1. The van der Waals surface area contributed by atoms with E-state index in [9.17, 15) is 13.2 Å². The number of alkyl halides is 3. The van der Waals surface area contributed by atoms with Gasteiger partial charge in [0.15, 0.2) is 0 Å². The normalized spacial score (nSPS) is 11.8. The van der Waals surface area contributed by atoms with E-state index in [-0.39, 0.29) is 10.0 Å². The van der Waals surface area contributed by atoms with Crippen LogP contribution in [0.5, 0.6) is 5.75 Å². The first-order valence-corrected chi connectivity index (χ1v) is 5.12. The molecule has 0 spiro atoms. The molecule has 1 aromatic carbocycles. The van der Waals surface area contributed by atoms with Crippen LogP contribution in [0.3, 0.4) is 0 Å². The molecule has 17 heavy (non-hydrogen) atoms. The van der Waals surface area contributed by atoms with Gasteiger partial charge in [0.2, 0.25) is 0 Å². The van der Waals surface area contributed by atoms with E-state index in [1.165, 1.54) is 12.3 Å². The van der Waals surface area contributed by atoms with Crippen molar-refractivity contribution in [1.82, 2.24) is 4.98 Å². The summed E-state index contributed by atoms with van der Waals surface area (Å²) in [5.41, 5.74) is 0.327. The fourth-order valence-corrected chi connectivity index (χ4v) is 1.81. The molecule has 7 heteroatoms. The monoisotopic (exact) mass is 281 g/mol. The summed E-state index contributed by atoms with van der Waals surface area (Å²) in [6, 6.07) is 3.64. The lowest BCUT2D eigenvalue weighted by atomic mass is 10.2. The van der Waals surface area contributed by atoms with Gasteiger partial charge in [-0.05, 0) is 12.1 Å². The number of pyridine rings is 1. The van der Waals surface area contributed by atoms with Gasteiger partial charge in [0, 0.05) is 17.6 Å². The molecular formula is C10H4Cl2F3NO. The summed E-state index contributed by atoms with van der Waals surface area (Å²) in [6.45, 7) is 0. The molecule has 0 radical (unpaired) electrons. The molecule has 0 aliphatic carbocycles. The minimum Gasteiger partial charge on any atom is -0.406 e. The summed E-state index contributed by atoms with van der Waals surface area (Å²) in [5.74, 6) is -0.426. The van der Waals surface area contributed by atoms with Crippen LogP contribution >= 0.6 is 23.2 Å². The zero-order valence-corrected chi connectivity index (χ0v) is 9.57. The Balaban J connectivity index is 2.58. The average molecular weight is 282 g/mol. The highest BCUT2D eigenvalue weighted by molar-refractivity contribution is 6.39. The van der Waals surface area contributed by atoms with Gasteiger partial charge in [0.05, 0.1) is 15.6 Å². The molecule has 1 heterocycles. The van der Waals surface area contributed by atoms with Crippen LogP contribution in [0.2, 0.25) is 10.0 Å². The second-order valence-electron chi connectivity index (χ2n) is 3.14. The Labute approximate surface area is 104 Å². The molecule has 2 nitrogen and oxygen atoms in total. The summed E-state index contributed by atoms with van der Waals surface area (Å²) < 4.78 is 40.0. The van der Waals surface area contributed by atoms with Crippen LogP contribution in [0.25, 0.3) is 10.9 Å². The van der Waals surface area contributed by atoms with Crippen molar-refractivity contribution in [3.05, 3.63) is 34.4 Å². The second-order valence-corrected chi connectivity index (χ2v) is 3.96. The topological polar surface area (TPSA) is 22.1 Å². The minimum atomic E-state index is -4.77. The molecule has 0 amide bonds. The van der Waals surface area contributed by atoms with Crippen molar-refractivity contribution in [2.75, 3.05) is 0 Å². The van der Waals surface area contributed by atoms with Gasteiger partial charge in [-0.1, -0.05) is 23.2 Å². The summed E-state index contributed by atoms with van der Waals surface area (Å²) in [5, 5.41) is 0.606. The van der Waals surface area contributed by atoms with Crippen LogP contribution in [0.15, 0.2) is 24.4 Å². The molecule has 2 aromatic rings. The third kappa shape index (κ3) is 2.73. The lowest BCUT2D eigenvalue weighted by Gasteiger charge is -2.10. The zero-order chi connectivity index (χ0) is 12.6. The van der Waals surface area contributed by atoms with Gasteiger partial charge >= 0.3 is 6.36 Å². The molecule has 0 unspecified atom stereocenters. The molecular weight excluding hydrogens is 278 g/mol. The lowest BCUT2D eigenvalue weighted by molar-refractivity contribution is -0.274. The summed E-state index contributed by atoms with van der Waals surface area (Å²) in [6.07, 6.45) is -3.35. The van der Waals surface area contributed by atoms with Gasteiger partial charge in [0.25, 0.3) is 0 Å². The number of rotatable bonds is 1. The number of nitrogens with zero attached hydrogens (tertiary/aromatic N) is 1. The number of aromatic nitrogens is 1. The molecule has 2 rings (SSSR count). The number of benzene rings is 1. The Hall–Kier alpha value is -1.20. The molecule has 0 fully saturated rings. The largest absolute Gasteiger partial charge is 0.573 e. The van der Waals surface area contributed by atoms with Gasteiger partial charge in [-0.15, -0.1) is 13.2 Å². The maximum absolute atomic E-state index is 12.1. The van der Waals surface area contributed by atoms with E-state index in [2.05, 4.69) is 9.72 Å². The van der Waals surface area contributed by atoms with Crippen LogP contribution in [0.4, 0.5) is 13.2 Å². The van der Waals surface area contributed by atoms with Crippen molar-refractivity contribution in [3.63, 3.8) is 0 Å². The first kappa shape index (κ1) is 12.3. The Kier molecular flexibility index (Phi) is 3.05. The van der Waals surface area contributed by atoms with Gasteiger partial charge in [0.1, 0.15) is 5.75 Å². The molecule has 0 aliphatic heterocycles. The summed E-state index contributed by atoms with van der Waals surface area (Å²) >= 11 is 11.6. The molecule has 0 saturated heterocycles. The first-order chi connectivity index (χ1) is 7.87. The van der Waals surface area contributed by atoms with Crippen molar-refractivity contribution >= 4 is 34.1 Å². The number of hydrogen-bond donors (Lipinski definition) is 0. The Morgan fingerprint density at radius 2 is 1.82 bits per heavy atom. The van der Waals surface area contributed by atoms with Crippen molar-refractivity contribution in [3.8, 4) is 5.75 Å². The Bertz CT molecular complexity index is 571. The smallest absolute Gasteiger partial charge is 0.406 e. The van der Waals surface area contributed by atoms with Crippen LogP contribution in [-0.2, 0) is 0 Å². The zero-order valence-electron chi connectivity index (χ0n) is 8.05. The van der Waals surface area contributed by atoms with Crippen LogP contribution in [-0.4, -0.2) is 11.3 Å². The first-order valence-electron chi connectivity index (χ1n) is 4.36. The fourth-order valence-electron chi connectivity index (χ4n) is 1.35. The molecule has 0 saturated carbocycles. The molecule has 0 atom stereocenters. The van der Waals surface area contributed by atoms with Gasteiger partial charge in [-0.2, -0.15) is 0 Å². The van der Waals surface area contributed by atoms with Crippen molar-refractivity contribution in [2.24, 2.45) is 0 Å². The summed E-state index contributed by atoms with van der Waals surface area (Å²) in [7, 11) is 0. The number of hydrogen-bond acceptors (Lipinski definition) is 2. The SMILES string of the molecule is FC(F)(F)Oc1cc(Cl)c2nccc(Cl)c2c1. The number of halogens is 5. The summed E-state index contributed by atoms with van der Waals surface area (Å²) in [4.78, 5) is 3.93. The van der Waals surface area contributed by atoms with Gasteiger partial charge in [-0.3, -0.25) is 4.98 Å². The average Bonchev–Trinajstić information content (AvgIpc) is 2.17. The van der Waals surface area contributed by atoms with Gasteiger partial charge < -0.3 is 4.74 Å². The maximum atomic E-state index is 12.1. The second kappa shape index (κ2) is 4.23. The highest BCUT2D eigenvalue weighted by Gasteiger charge is 2.31. The number of fused-ring (bicyclic) bond motifs is 1. The highest BCUT2D eigenvalue weighted by Crippen LogP contribution is 2.33. The molecule has 1 aromatic heterocycles. The van der Waals surface area contributed by atoms with E-state index in [1.54, 1.807) is 0 Å². The molecule has 0 N–H and O–H groups in total. The van der Waals surface area contributed by atoms with Crippen molar-refractivity contribution < 1.29 is 17.9 Å². The predicted molar refractivity (Wildman–Crippen MR) is 58.4 cm³/mol.